The van der Waals surface area contributed by atoms with Gasteiger partial charge in [-0.3, -0.25) is 5.10 Å². The highest BCUT2D eigenvalue weighted by molar-refractivity contribution is 5.25. The number of alkyl halides is 3. The van der Waals surface area contributed by atoms with Gasteiger partial charge >= 0.3 is 6.18 Å². The molecule has 4 bridgehead atoms. The first-order chi connectivity index (χ1) is 8.95. The van der Waals surface area contributed by atoms with Gasteiger partial charge in [0.05, 0.1) is 0 Å². The normalized spacial score (nSPS) is 40.9. The van der Waals surface area contributed by atoms with Gasteiger partial charge in [0.25, 0.3) is 0 Å². The van der Waals surface area contributed by atoms with Crippen LogP contribution in [0.15, 0.2) is 6.07 Å². The number of aromatic amines is 1. The maximum Gasteiger partial charge on any atom is 0.435 e. The summed E-state index contributed by atoms with van der Waals surface area (Å²) >= 11 is 0. The standard InChI is InChI=1S/C14H17F3N2/c15-14(16,17)12-4-11(18-19-12)13-5-8-1-9(6-13)3-10(2-8)7-13/h4,8-10H,1-3,5-7H2,(H,18,19). The summed E-state index contributed by atoms with van der Waals surface area (Å²) in [5, 5.41) is 6.19. The summed E-state index contributed by atoms with van der Waals surface area (Å²) in [5.74, 6) is 2.18. The van der Waals surface area contributed by atoms with Gasteiger partial charge in [0.15, 0.2) is 5.69 Å². The Bertz CT molecular complexity index is 468. The Morgan fingerprint density at radius 2 is 1.58 bits per heavy atom. The van der Waals surface area contributed by atoms with Gasteiger partial charge in [0.2, 0.25) is 0 Å². The minimum Gasteiger partial charge on any atom is -0.281 e. The van der Waals surface area contributed by atoms with Crippen LogP contribution in [0, 0.1) is 17.8 Å². The van der Waals surface area contributed by atoms with Gasteiger partial charge in [-0.1, -0.05) is 0 Å². The summed E-state index contributed by atoms with van der Waals surface area (Å²) in [6, 6.07) is 1.26. The van der Waals surface area contributed by atoms with Crippen molar-refractivity contribution >= 4 is 0 Å². The van der Waals surface area contributed by atoms with Crippen LogP contribution in [0.1, 0.15) is 49.9 Å². The predicted octanol–water partition coefficient (Wildman–Crippen LogP) is 3.90. The summed E-state index contributed by atoms with van der Waals surface area (Å²) in [5.41, 5.74) is -0.0669. The van der Waals surface area contributed by atoms with Crippen molar-refractivity contribution in [2.24, 2.45) is 17.8 Å². The maximum absolute atomic E-state index is 12.7. The van der Waals surface area contributed by atoms with E-state index in [0.717, 1.165) is 42.7 Å². The van der Waals surface area contributed by atoms with Crippen molar-refractivity contribution in [2.45, 2.75) is 50.1 Å². The molecule has 4 saturated carbocycles. The molecule has 0 aliphatic heterocycles. The van der Waals surface area contributed by atoms with Gasteiger partial charge in [-0.25, -0.2) is 0 Å². The Balaban J connectivity index is 1.70. The highest BCUT2D eigenvalue weighted by atomic mass is 19.4. The molecule has 0 aromatic carbocycles. The van der Waals surface area contributed by atoms with E-state index >= 15 is 0 Å². The van der Waals surface area contributed by atoms with Gasteiger partial charge in [0.1, 0.15) is 0 Å². The number of aromatic nitrogens is 2. The molecule has 1 aromatic rings. The Kier molecular flexibility index (Phi) is 2.21. The molecule has 4 aliphatic carbocycles. The molecule has 0 spiro atoms. The topological polar surface area (TPSA) is 28.7 Å². The Morgan fingerprint density at radius 1 is 1.05 bits per heavy atom. The lowest BCUT2D eigenvalue weighted by molar-refractivity contribution is -0.141. The van der Waals surface area contributed by atoms with E-state index in [1.165, 1.54) is 25.3 Å². The predicted molar refractivity (Wildman–Crippen MR) is 63.4 cm³/mol. The molecule has 0 amide bonds. The fourth-order valence-electron chi connectivity index (χ4n) is 5.18. The summed E-state index contributed by atoms with van der Waals surface area (Å²) in [6.45, 7) is 0. The average molecular weight is 270 g/mol. The van der Waals surface area contributed by atoms with E-state index in [-0.39, 0.29) is 5.41 Å². The SMILES string of the molecule is FC(F)(F)c1cc(C23CC4CC(CC(C4)C2)C3)[nH]n1. The lowest BCUT2D eigenvalue weighted by Gasteiger charge is -2.56. The van der Waals surface area contributed by atoms with Crippen LogP contribution in [-0.2, 0) is 11.6 Å². The van der Waals surface area contributed by atoms with Gasteiger partial charge in [-0.05, 0) is 62.3 Å². The Labute approximate surface area is 109 Å². The van der Waals surface area contributed by atoms with Crippen LogP contribution in [0.3, 0.4) is 0 Å². The summed E-state index contributed by atoms with van der Waals surface area (Å²) in [7, 11) is 0. The summed E-state index contributed by atoms with van der Waals surface area (Å²) in [4.78, 5) is 0. The number of nitrogens with one attached hydrogen (secondary N) is 1. The highest BCUT2D eigenvalue weighted by Gasteiger charge is 2.52. The molecule has 1 N–H and O–H groups in total. The summed E-state index contributed by atoms with van der Waals surface area (Å²) in [6.07, 6.45) is 2.70. The number of rotatable bonds is 1. The third-order valence-electron chi connectivity index (χ3n) is 5.48. The monoisotopic (exact) mass is 270 g/mol. The zero-order chi connectivity index (χ0) is 13.3. The van der Waals surface area contributed by atoms with Crippen LogP contribution < -0.4 is 0 Å². The zero-order valence-corrected chi connectivity index (χ0v) is 10.6. The minimum atomic E-state index is -4.34. The lowest BCUT2D eigenvalue weighted by Crippen LogP contribution is -2.48. The Morgan fingerprint density at radius 3 is 2.00 bits per heavy atom. The number of hydrogen-bond acceptors (Lipinski definition) is 1. The molecule has 2 nitrogen and oxygen atoms in total. The minimum absolute atomic E-state index is 0.0365. The van der Waals surface area contributed by atoms with Crippen molar-refractivity contribution in [1.29, 1.82) is 0 Å². The van der Waals surface area contributed by atoms with Gasteiger partial charge < -0.3 is 0 Å². The van der Waals surface area contributed by atoms with E-state index < -0.39 is 11.9 Å². The van der Waals surface area contributed by atoms with E-state index in [1.807, 2.05) is 0 Å². The first-order valence-corrected chi connectivity index (χ1v) is 7.08. The van der Waals surface area contributed by atoms with Gasteiger partial charge in [-0.2, -0.15) is 18.3 Å². The lowest BCUT2D eigenvalue weighted by atomic mass is 9.49. The van der Waals surface area contributed by atoms with Crippen LogP contribution in [0.5, 0.6) is 0 Å². The first-order valence-electron chi connectivity index (χ1n) is 7.08. The average Bonchev–Trinajstić information content (AvgIpc) is 2.75. The number of hydrogen-bond donors (Lipinski definition) is 1. The zero-order valence-electron chi connectivity index (χ0n) is 10.6. The third kappa shape index (κ3) is 1.73. The van der Waals surface area contributed by atoms with E-state index in [0.29, 0.717) is 0 Å². The maximum atomic E-state index is 12.7. The van der Waals surface area contributed by atoms with Crippen molar-refractivity contribution < 1.29 is 13.2 Å². The molecule has 0 saturated heterocycles. The van der Waals surface area contributed by atoms with Crippen LogP contribution in [0.4, 0.5) is 13.2 Å². The van der Waals surface area contributed by atoms with Crippen molar-refractivity contribution in [3.8, 4) is 0 Å². The molecule has 0 radical (unpaired) electrons. The van der Waals surface area contributed by atoms with Crippen LogP contribution in [0.2, 0.25) is 0 Å². The van der Waals surface area contributed by atoms with E-state index in [4.69, 9.17) is 0 Å². The second-order valence-corrected chi connectivity index (χ2v) is 6.86. The molecular weight excluding hydrogens is 253 g/mol. The molecule has 19 heavy (non-hydrogen) atoms. The van der Waals surface area contributed by atoms with Crippen molar-refractivity contribution in [3.05, 3.63) is 17.5 Å². The molecule has 104 valence electrons. The number of H-pyrrole nitrogens is 1. The molecule has 1 aromatic heterocycles. The fraction of sp³-hybridized carbons (Fsp3) is 0.786. The third-order valence-corrected chi connectivity index (χ3v) is 5.48. The quantitative estimate of drug-likeness (QED) is 0.823. The molecule has 0 atom stereocenters. The molecule has 5 heteroatoms. The van der Waals surface area contributed by atoms with E-state index in [1.54, 1.807) is 0 Å². The largest absolute Gasteiger partial charge is 0.435 e. The fourth-order valence-corrected chi connectivity index (χ4v) is 5.18. The Hall–Kier alpha value is -1.00. The van der Waals surface area contributed by atoms with Crippen LogP contribution in [0.25, 0.3) is 0 Å². The van der Waals surface area contributed by atoms with E-state index in [2.05, 4.69) is 10.2 Å². The van der Waals surface area contributed by atoms with E-state index in [9.17, 15) is 13.2 Å². The summed E-state index contributed by atoms with van der Waals surface area (Å²) < 4.78 is 38.1. The smallest absolute Gasteiger partial charge is 0.281 e. The molecular formula is C14H17F3N2. The number of nitrogens with zero attached hydrogens (tertiary/aromatic N) is 1. The molecule has 1 heterocycles. The number of halogens is 3. The van der Waals surface area contributed by atoms with Crippen molar-refractivity contribution in [2.75, 3.05) is 0 Å². The van der Waals surface area contributed by atoms with Crippen molar-refractivity contribution in [3.63, 3.8) is 0 Å². The van der Waals surface area contributed by atoms with Crippen molar-refractivity contribution in [1.82, 2.24) is 10.2 Å². The molecule has 5 rings (SSSR count). The van der Waals surface area contributed by atoms with Crippen LogP contribution >= 0.6 is 0 Å². The van der Waals surface area contributed by atoms with Gasteiger partial charge in [0, 0.05) is 11.1 Å². The second kappa shape index (κ2) is 3.55. The second-order valence-electron chi connectivity index (χ2n) is 6.86. The first kappa shape index (κ1) is 11.8. The molecule has 0 unspecified atom stereocenters. The highest BCUT2D eigenvalue weighted by Crippen LogP contribution is 2.60. The van der Waals surface area contributed by atoms with Crippen LogP contribution in [-0.4, -0.2) is 10.2 Å². The van der Waals surface area contributed by atoms with Gasteiger partial charge in [-0.15, -0.1) is 0 Å². The molecule has 4 aliphatic rings. The molecule has 4 fully saturated rings.